The van der Waals surface area contributed by atoms with E-state index >= 15 is 0 Å². The van der Waals surface area contributed by atoms with Crippen LogP contribution in [-0.4, -0.2) is 24.5 Å². The maximum absolute atomic E-state index is 5.88. The first-order chi connectivity index (χ1) is 4.72. The largest absolute Gasteiger partial charge is 0.300 e. The minimum absolute atomic E-state index is 0.706. The highest BCUT2D eigenvalue weighted by molar-refractivity contribution is 6.52. The van der Waals surface area contributed by atoms with Crippen LogP contribution in [0.2, 0.25) is 0 Å². The zero-order valence-corrected chi connectivity index (χ0v) is 6.94. The zero-order chi connectivity index (χ0) is 7.56. The van der Waals surface area contributed by atoms with E-state index in [1.807, 2.05) is 13.8 Å². The Morgan fingerprint density at radius 2 is 1.60 bits per heavy atom. The van der Waals surface area contributed by atoms with Crippen molar-refractivity contribution in [2.24, 2.45) is 9.98 Å². The van der Waals surface area contributed by atoms with E-state index in [9.17, 15) is 0 Å². The summed E-state index contributed by atoms with van der Waals surface area (Å²) in [6.45, 7) is 5.35. The van der Waals surface area contributed by atoms with E-state index in [1.54, 1.807) is 0 Å². The van der Waals surface area contributed by atoms with Gasteiger partial charge < -0.3 is 0 Å². The molecule has 0 saturated carbocycles. The molecule has 0 aromatic carbocycles. The second-order valence-electron chi connectivity index (χ2n) is 2.25. The van der Waals surface area contributed by atoms with Crippen LogP contribution in [0.4, 0.5) is 0 Å². The van der Waals surface area contributed by atoms with Gasteiger partial charge in [0.15, 0.2) is 11.6 Å². The molecule has 0 aromatic rings. The second kappa shape index (κ2) is 3.06. The third kappa shape index (κ3) is 1.51. The molecule has 1 aliphatic rings. The summed E-state index contributed by atoms with van der Waals surface area (Å²) >= 11 is 5.88. The molecule has 0 N–H and O–H groups in total. The van der Waals surface area contributed by atoms with Crippen molar-refractivity contribution in [1.82, 2.24) is 0 Å². The van der Waals surface area contributed by atoms with Gasteiger partial charge >= 0.3 is 0 Å². The van der Waals surface area contributed by atoms with E-state index in [0.29, 0.717) is 5.38 Å². The Morgan fingerprint density at radius 3 is 2.00 bits per heavy atom. The fourth-order valence-electron chi connectivity index (χ4n) is 0.836. The molecule has 0 atom stereocenters. The summed E-state index contributed by atoms with van der Waals surface area (Å²) in [5, 5.41) is 0.706. The van der Waals surface area contributed by atoms with Gasteiger partial charge in [0.05, 0.1) is 13.1 Å². The van der Waals surface area contributed by atoms with E-state index in [1.165, 1.54) is 0 Å². The van der Waals surface area contributed by atoms with Crippen molar-refractivity contribution >= 4 is 23.0 Å². The molecule has 0 saturated heterocycles. The summed E-state index contributed by atoms with van der Waals surface area (Å²) < 4.78 is 0. The Morgan fingerprint density at radius 1 is 1.20 bits per heavy atom. The first kappa shape index (κ1) is 7.61. The lowest BCUT2D eigenvalue weighted by Gasteiger charge is -1.88. The lowest BCUT2D eigenvalue weighted by atomic mass is 10.2. The molecule has 1 rings (SSSR count). The van der Waals surface area contributed by atoms with Crippen LogP contribution < -0.4 is 0 Å². The van der Waals surface area contributed by atoms with Crippen molar-refractivity contribution in [3.05, 3.63) is 5.38 Å². The van der Waals surface area contributed by atoms with Gasteiger partial charge in [0, 0.05) is 13.8 Å². The van der Waals surface area contributed by atoms with Gasteiger partial charge in [-0.25, -0.2) is 9.98 Å². The monoisotopic (exact) mass is 157 g/mol. The minimum Gasteiger partial charge on any atom is -0.245 e. The molecular weight excluding hydrogens is 148 g/mol. The Kier molecular flexibility index (Phi) is 2.33. The van der Waals surface area contributed by atoms with Crippen LogP contribution in [0.1, 0.15) is 13.8 Å². The summed E-state index contributed by atoms with van der Waals surface area (Å²) in [6, 6.07) is 0. The van der Waals surface area contributed by atoms with E-state index in [4.69, 9.17) is 11.6 Å². The first-order valence-corrected chi connectivity index (χ1v) is 3.65. The van der Waals surface area contributed by atoms with Gasteiger partial charge in [-0.3, -0.25) is 0 Å². The maximum atomic E-state index is 5.88. The molecule has 10 heavy (non-hydrogen) atoms. The molecule has 0 bridgehead atoms. The molecule has 1 aliphatic heterocycles. The van der Waals surface area contributed by atoms with Crippen LogP contribution in [0.5, 0.6) is 0 Å². The Balaban J connectivity index is 2.79. The average Bonchev–Trinajstić information content (AvgIpc) is 2.04. The highest BCUT2D eigenvalue weighted by Gasteiger charge is 2.29. The number of aliphatic imine (C=N–C) groups is 2. The molecule has 0 unspecified atom stereocenters. The van der Waals surface area contributed by atoms with Crippen LogP contribution in [0, 0.1) is 5.38 Å². The quantitative estimate of drug-likeness (QED) is 0.478. The van der Waals surface area contributed by atoms with Crippen LogP contribution >= 0.6 is 11.6 Å². The molecule has 0 amide bonds. The Hall–Kier alpha value is -0.500. The highest BCUT2D eigenvalue weighted by atomic mass is 35.5. The highest BCUT2D eigenvalue weighted by Crippen LogP contribution is 2.13. The van der Waals surface area contributed by atoms with Crippen molar-refractivity contribution in [2.75, 3.05) is 13.1 Å². The van der Waals surface area contributed by atoms with Gasteiger partial charge in [-0.15, -0.1) is 0 Å². The van der Waals surface area contributed by atoms with Crippen molar-refractivity contribution < 1.29 is 0 Å². The molecule has 0 aliphatic carbocycles. The van der Waals surface area contributed by atoms with Gasteiger partial charge in [0.1, 0.15) is 0 Å². The fourth-order valence-corrected chi connectivity index (χ4v) is 0.956. The summed E-state index contributed by atoms with van der Waals surface area (Å²) in [5.41, 5.74) is 1.81. The lowest BCUT2D eigenvalue weighted by molar-refractivity contribution is 0.983. The molecule has 0 aromatic heterocycles. The van der Waals surface area contributed by atoms with Crippen molar-refractivity contribution in [3.63, 3.8) is 0 Å². The van der Waals surface area contributed by atoms with Gasteiger partial charge in [0.2, 0.25) is 11.4 Å². The van der Waals surface area contributed by atoms with Crippen LogP contribution in [0.25, 0.3) is 0 Å². The molecule has 54 valence electrons. The minimum atomic E-state index is 0.706. The van der Waals surface area contributed by atoms with Crippen LogP contribution in [-0.2, 0) is 0 Å². The van der Waals surface area contributed by atoms with Crippen LogP contribution in [0.15, 0.2) is 9.98 Å². The molecule has 2 nitrogen and oxygen atoms in total. The van der Waals surface area contributed by atoms with Crippen molar-refractivity contribution in [3.8, 4) is 0 Å². The normalized spacial score (nSPS) is 19.7. The maximum Gasteiger partial charge on any atom is 0.300 e. The first-order valence-electron chi connectivity index (χ1n) is 3.27. The molecule has 1 heterocycles. The SMILES string of the molecule is CC1=NCCN=C(C)[C+]1Cl. The molecule has 3 heteroatoms. The summed E-state index contributed by atoms with van der Waals surface area (Å²) in [4.78, 5) is 8.38. The molecule has 0 fully saturated rings. The predicted octanol–water partition coefficient (Wildman–Crippen LogP) is 1.69. The van der Waals surface area contributed by atoms with Crippen LogP contribution in [0.3, 0.4) is 0 Å². The number of hydrogen-bond acceptors (Lipinski definition) is 2. The molecule has 0 spiro atoms. The third-order valence-electron chi connectivity index (χ3n) is 1.43. The van der Waals surface area contributed by atoms with Gasteiger partial charge in [-0.2, -0.15) is 0 Å². The molecule has 0 radical (unpaired) electrons. The van der Waals surface area contributed by atoms with Gasteiger partial charge in [0.25, 0.3) is 5.38 Å². The van der Waals surface area contributed by atoms with Crippen molar-refractivity contribution in [1.29, 1.82) is 0 Å². The third-order valence-corrected chi connectivity index (χ3v) is 1.98. The summed E-state index contributed by atoms with van der Waals surface area (Å²) in [6.07, 6.45) is 0. The number of halogens is 1. The van der Waals surface area contributed by atoms with Crippen molar-refractivity contribution in [2.45, 2.75) is 13.8 Å². The standard InChI is InChI=1S/C7H10ClN2/c1-5-7(8)6(2)10-4-3-9-5/h3-4H2,1-2H3/q+1. The van der Waals surface area contributed by atoms with Gasteiger partial charge in [-0.05, 0) is 0 Å². The smallest absolute Gasteiger partial charge is 0.245 e. The topological polar surface area (TPSA) is 24.7 Å². The Labute approximate surface area is 66.0 Å². The predicted molar refractivity (Wildman–Crippen MR) is 45.0 cm³/mol. The van der Waals surface area contributed by atoms with E-state index < -0.39 is 0 Å². The Bertz CT molecular complexity index is 164. The number of hydrogen-bond donors (Lipinski definition) is 0. The zero-order valence-electron chi connectivity index (χ0n) is 6.19. The summed E-state index contributed by atoms with van der Waals surface area (Å²) in [5.74, 6) is 0. The summed E-state index contributed by atoms with van der Waals surface area (Å²) in [7, 11) is 0. The number of rotatable bonds is 0. The lowest BCUT2D eigenvalue weighted by Crippen LogP contribution is -2.09. The van der Waals surface area contributed by atoms with E-state index in [-0.39, 0.29) is 0 Å². The fraction of sp³-hybridized carbons (Fsp3) is 0.571. The van der Waals surface area contributed by atoms with E-state index in [0.717, 1.165) is 24.5 Å². The average molecular weight is 158 g/mol. The van der Waals surface area contributed by atoms with Gasteiger partial charge in [-0.1, -0.05) is 0 Å². The second-order valence-corrected chi connectivity index (χ2v) is 2.63. The van der Waals surface area contributed by atoms with E-state index in [2.05, 4.69) is 9.98 Å². The molecular formula is C7H10ClN2+. The number of nitrogens with zero attached hydrogens (tertiary/aromatic N) is 2.